The quantitative estimate of drug-likeness (QED) is 0.549. The van der Waals surface area contributed by atoms with E-state index in [9.17, 15) is 8.42 Å². The number of sulfonamides is 1. The van der Waals surface area contributed by atoms with E-state index < -0.39 is 10.0 Å². The van der Waals surface area contributed by atoms with Crippen LogP contribution in [-0.4, -0.2) is 33.3 Å². The highest BCUT2D eigenvalue weighted by Gasteiger charge is 2.11. The Morgan fingerprint density at radius 3 is 2.25 bits per heavy atom. The van der Waals surface area contributed by atoms with E-state index in [1.165, 1.54) is 38.5 Å². The fraction of sp³-hybridized carbons (Fsp3) is 1.00. The molecule has 16 heavy (non-hydrogen) atoms. The van der Waals surface area contributed by atoms with Crippen molar-refractivity contribution in [3.05, 3.63) is 0 Å². The fourth-order valence-electron chi connectivity index (χ4n) is 2.07. The van der Waals surface area contributed by atoms with Crippen LogP contribution in [0.3, 0.4) is 0 Å². The molecule has 2 N–H and O–H groups in total. The van der Waals surface area contributed by atoms with E-state index in [1.807, 2.05) is 0 Å². The Labute approximate surface area is 99.2 Å². The SMILES string of the molecule is CCS(=O)(=O)NCCNC1CCCCCC1. The molecule has 5 heteroatoms. The third kappa shape index (κ3) is 5.82. The molecule has 0 aromatic heterocycles. The van der Waals surface area contributed by atoms with E-state index in [2.05, 4.69) is 10.0 Å². The van der Waals surface area contributed by atoms with Crippen LogP contribution in [-0.2, 0) is 10.0 Å². The van der Waals surface area contributed by atoms with Gasteiger partial charge in [-0.2, -0.15) is 0 Å². The zero-order valence-corrected chi connectivity index (χ0v) is 11.0. The number of hydrogen-bond acceptors (Lipinski definition) is 3. The minimum atomic E-state index is -3.02. The van der Waals surface area contributed by atoms with Gasteiger partial charge in [0.2, 0.25) is 10.0 Å². The molecule has 4 nitrogen and oxygen atoms in total. The highest BCUT2D eigenvalue weighted by atomic mass is 32.2. The van der Waals surface area contributed by atoms with Crippen LogP contribution in [0.1, 0.15) is 45.4 Å². The summed E-state index contributed by atoms with van der Waals surface area (Å²) in [5.74, 6) is 0.163. The lowest BCUT2D eigenvalue weighted by Gasteiger charge is -2.16. The van der Waals surface area contributed by atoms with Crippen LogP contribution in [0.15, 0.2) is 0 Å². The first kappa shape index (κ1) is 13.9. The third-order valence-corrected chi connectivity index (χ3v) is 4.52. The van der Waals surface area contributed by atoms with Gasteiger partial charge in [0.1, 0.15) is 0 Å². The van der Waals surface area contributed by atoms with Crippen LogP contribution in [0.25, 0.3) is 0 Å². The van der Waals surface area contributed by atoms with E-state index in [1.54, 1.807) is 6.92 Å². The van der Waals surface area contributed by atoms with Crippen LogP contribution < -0.4 is 10.0 Å². The van der Waals surface area contributed by atoms with Gasteiger partial charge in [0.05, 0.1) is 5.75 Å². The van der Waals surface area contributed by atoms with Crippen LogP contribution in [0, 0.1) is 0 Å². The maximum Gasteiger partial charge on any atom is 0.211 e. The predicted octanol–water partition coefficient (Wildman–Crippen LogP) is 1.24. The van der Waals surface area contributed by atoms with Crippen molar-refractivity contribution in [3.63, 3.8) is 0 Å². The van der Waals surface area contributed by atoms with Gasteiger partial charge in [-0.1, -0.05) is 25.7 Å². The first-order chi connectivity index (χ1) is 7.64. The molecule has 1 saturated carbocycles. The van der Waals surface area contributed by atoms with E-state index >= 15 is 0 Å². The van der Waals surface area contributed by atoms with Crippen molar-refractivity contribution in [2.24, 2.45) is 0 Å². The van der Waals surface area contributed by atoms with Gasteiger partial charge in [-0.15, -0.1) is 0 Å². The summed E-state index contributed by atoms with van der Waals surface area (Å²) in [6.07, 6.45) is 7.78. The minimum absolute atomic E-state index is 0.163. The van der Waals surface area contributed by atoms with E-state index in [4.69, 9.17) is 0 Å². The summed E-state index contributed by atoms with van der Waals surface area (Å²) in [6, 6.07) is 0.591. The van der Waals surface area contributed by atoms with Gasteiger partial charge in [-0.25, -0.2) is 13.1 Å². The van der Waals surface area contributed by atoms with Crippen LogP contribution >= 0.6 is 0 Å². The van der Waals surface area contributed by atoms with E-state index in [-0.39, 0.29) is 5.75 Å². The molecule has 0 amide bonds. The molecule has 0 heterocycles. The average Bonchev–Trinajstić information content (AvgIpc) is 2.53. The molecule has 0 atom stereocenters. The van der Waals surface area contributed by atoms with Gasteiger partial charge in [-0.05, 0) is 19.8 Å². The summed E-state index contributed by atoms with van der Waals surface area (Å²) >= 11 is 0. The van der Waals surface area contributed by atoms with Crippen molar-refractivity contribution in [2.75, 3.05) is 18.8 Å². The van der Waals surface area contributed by atoms with Crippen LogP contribution in [0.5, 0.6) is 0 Å². The van der Waals surface area contributed by atoms with E-state index in [0.29, 0.717) is 12.6 Å². The van der Waals surface area contributed by atoms with E-state index in [0.717, 1.165) is 6.54 Å². The molecule has 0 aromatic rings. The lowest BCUT2D eigenvalue weighted by molar-refractivity contribution is 0.461. The molecule has 1 fully saturated rings. The molecule has 1 rings (SSSR count). The maximum atomic E-state index is 11.2. The summed E-state index contributed by atoms with van der Waals surface area (Å²) in [5, 5.41) is 3.43. The van der Waals surface area contributed by atoms with Gasteiger partial charge >= 0.3 is 0 Å². The number of hydrogen-bond donors (Lipinski definition) is 2. The van der Waals surface area contributed by atoms with Gasteiger partial charge in [0.25, 0.3) is 0 Å². The largest absolute Gasteiger partial charge is 0.313 e. The second kappa shape index (κ2) is 7.25. The molecule has 0 spiro atoms. The Hall–Kier alpha value is -0.130. The lowest BCUT2D eigenvalue weighted by Crippen LogP contribution is -2.37. The Bertz CT molecular complexity index is 270. The Morgan fingerprint density at radius 1 is 1.06 bits per heavy atom. The average molecular weight is 248 g/mol. The van der Waals surface area contributed by atoms with Gasteiger partial charge in [-0.3, -0.25) is 0 Å². The molecule has 0 aromatic carbocycles. The fourth-order valence-corrected chi connectivity index (χ4v) is 2.69. The number of nitrogens with one attached hydrogen (secondary N) is 2. The second-order valence-electron chi connectivity index (χ2n) is 4.44. The second-order valence-corrected chi connectivity index (χ2v) is 6.54. The first-order valence-electron chi connectivity index (χ1n) is 6.35. The molecule has 1 aliphatic carbocycles. The zero-order chi connectivity index (χ0) is 11.9. The highest BCUT2D eigenvalue weighted by Crippen LogP contribution is 2.16. The van der Waals surface area contributed by atoms with Gasteiger partial charge in [0, 0.05) is 19.1 Å². The Morgan fingerprint density at radius 2 is 1.69 bits per heavy atom. The predicted molar refractivity (Wildman–Crippen MR) is 67.0 cm³/mol. The Balaban J connectivity index is 2.10. The summed E-state index contributed by atoms with van der Waals surface area (Å²) in [6.45, 7) is 2.90. The summed E-state index contributed by atoms with van der Waals surface area (Å²) < 4.78 is 24.9. The monoisotopic (exact) mass is 248 g/mol. The molecule has 0 unspecified atom stereocenters. The van der Waals surface area contributed by atoms with Crippen molar-refractivity contribution in [3.8, 4) is 0 Å². The summed E-state index contributed by atoms with van der Waals surface area (Å²) in [4.78, 5) is 0. The van der Waals surface area contributed by atoms with Crippen molar-refractivity contribution in [2.45, 2.75) is 51.5 Å². The molecule has 0 saturated heterocycles. The van der Waals surface area contributed by atoms with Gasteiger partial charge < -0.3 is 5.32 Å². The van der Waals surface area contributed by atoms with Crippen molar-refractivity contribution >= 4 is 10.0 Å². The third-order valence-electron chi connectivity index (χ3n) is 3.12. The maximum absolute atomic E-state index is 11.2. The normalized spacial score (nSPS) is 19.6. The van der Waals surface area contributed by atoms with Gasteiger partial charge in [0.15, 0.2) is 0 Å². The standard InChI is InChI=1S/C11H24N2O2S/c1-2-16(14,15)13-10-9-12-11-7-5-3-4-6-8-11/h11-13H,2-10H2,1H3. The van der Waals surface area contributed by atoms with Crippen molar-refractivity contribution in [1.82, 2.24) is 10.0 Å². The molecule has 96 valence electrons. The smallest absolute Gasteiger partial charge is 0.211 e. The molecule has 0 radical (unpaired) electrons. The lowest BCUT2D eigenvalue weighted by atomic mass is 10.1. The van der Waals surface area contributed by atoms with Crippen molar-refractivity contribution < 1.29 is 8.42 Å². The summed E-state index contributed by atoms with van der Waals surface area (Å²) in [7, 11) is -3.02. The molecular weight excluding hydrogens is 224 g/mol. The number of rotatable bonds is 6. The minimum Gasteiger partial charge on any atom is -0.313 e. The molecule has 1 aliphatic rings. The summed E-state index contributed by atoms with van der Waals surface area (Å²) in [5.41, 5.74) is 0. The topological polar surface area (TPSA) is 58.2 Å². The van der Waals surface area contributed by atoms with Crippen LogP contribution in [0.4, 0.5) is 0 Å². The van der Waals surface area contributed by atoms with Crippen LogP contribution in [0.2, 0.25) is 0 Å². The molecule has 0 aliphatic heterocycles. The Kier molecular flexibility index (Phi) is 6.31. The zero-order valence-electron chi connectivity index (χ0n) is 10.2. The molecule has 0 bridgehead atoms. The molecular formula is C11H24N2O2S. The first-order valence-corrected chi connectivity index (χ1v) is 8.00. The highest BCUT2D eigenvalue weighted by molar-refractivity contribution is 7.89. The van der Waals surface area contributed by atoms with Crippen molar-refractivity contribution in [1.29, 1.82) is 0 Å².